The number of aromatic amines is 2. The van der Waals surface area contributed by atoms with Crippen molar-refractivity contribution in [3.05, 3.63) is 58.8 Å². The Morgan fingerprint density at radius 3 is 2.71 bits per heavy atom. The number of imidazole rings is 1. The van der Waals surface area contributed by atoms with E-state index in [1.807, 2.05) is 44.3 Å². The predicted molar refractivity (Wildman–Crippen MR) is 107 cm³/mol. The van der Waals surface area contributed by atoms with Gasteiger partial charge in [0.1, 0.15) is 0 Å². The molecule has 0 unspecified atom stereocenters. The number of rotatable bonds is 4. The number of H-pyrrole nitrogens is 2. The van der Waals surface area contributed by atoms with Gasteiger partial charge < -0.3 is 15.3 Å². The van der Waals surface area contributed by atoms with Crippen molar-refractivity contribution in [1.82, 2.24) is 30.0 Å². The molecule has 4 rings (SSSR count). The summed E-state index contributed by atoms with van der Waals surface area (Å²) < 4.78 is 1.71. The van der Waals surface area contributed by atoms with Crippen LogP contribution in [0.2, 0.25) is 0 Å². The van der Waals surface area contributed by atoms with Crippen LogP contribution in [-0.2, 0) is 0 Å². The van der Waals surface area contributed by atoms with Crippen LogP contribution < -0.4 is 16.2 Å². The van der Waals surface area contributed by atoms with Crippen LogP contribution in [0.5, 0.6) is 0 Å². The number of nitrogens with one attached hydrogen (secondary N) is 4. The van der Waals surface area contributed by atoms with Gasteiger partial charge in [-0.2, -0.15) is 5.10 Å². The second-order valence-electron chi connectivity index (χ2n) is 6.33. The Morgan fingerprint density at radius 2 is 2.00 bits per heavy atom. The predicted octanol–water partition coefficient (Wildman–Crippen LogP) is 2.55. The summed E-state index contributed by atoms with van der Waals surface area (Å²) >= 11 is 0. The van der Waals surface area contributed by atoms with Crippen molar-refractivity contribution in [3.63, 3.8) is 0 Å². The molecule has 0 fully saturated rings. The van der Waals surface area contributed by atoms with Gasteiger partial charge in [0.15, 0.2) is 0 Å². The molecular formula is C19H19N7O2. The summed E-state index contributed by atoms with van der Waals surface area (Å²) in [5, 5.41) is 9.65. The zero-order valence-electron chi connectivity index (χ0n) is 15.4. The lowest BCUT2D eigenvalue weighted by molar-refractivity contribution is 0.252. The molecule has 9 nitrogen and oxygen atoms in total. The number of aryl methyl sites for hydroxylation is 1. The average molecular weight is 377 g/mol. The molecule has 0 radical (unpaired) electrons. The number of fused-ring (bicyclic) bond motifs is 1. The molecule has 0 bridgehead atoms. The molecule has 0 spiro atoms. The van der Waals surface area contributed by atoms with Gasteiger partial charge >= 0.3 is 6.03 Å². The van der Waals surface area contributed by atoms with Crippen LogP contribution in [-0.4, -0.2) is 37.3 Å². The van der Waals surface area contributed by atoms with E-state index < -0.39 is 0 Å². The zero-order chi connectivity index (χ0) is 19.7. The van der Waals surface area contributed by atoms with E-state index in [0.717, 1.165) is 28.0 Å². The van der Waals surface area contributed by atoms with E-state index in [-0.39, 0.29) is 11.6 Å². The molecule has 142 valence electrons. The SMILES string of the molecule is CCNC(=O)Nc1nc2cc(-c3cc(C)[nH]c(=O)c3)cc(-n3cccn3)c2[nH]1. The van der Waals surface area contributed by atoms with Gasteiger partial charge in [-0.15, -0.1) is 0 Å². The third-order valence-corrected chi connectivity index (χ3v) is 4.21. The monoisotopic (exact) mass is 377 g/mol. The number of hydrogen-bond donors (Lipinski definition) is 4. The number of amides is 2. The summed E-state index contributed by atoms with van der Waals surface area (Å²) in [7, 11) is 0. The number of urea groups is 1. The minimum Gasteiger partial charge on any atom is -0.338 e. The van der Waals surface area contributed by atoms with E-state index in [4.69, 9.17) is 0 Å². The highest BCUT2D eigenvalue weighted by atomic mass is 16.2. The molecule has 2 amide bonds. The van der Waals surface area contributed by atoms with E-state index in [9.17, 15) is 9.59 Å². The minimum absolute atomic E-state index is 0.170. The average Bonchev–Trinajstić information content (AvgIpc) is 3.29. The molecule has 0 aliphatic heterocycles. The number of carbonyl (C=O) groups is 1. The number of benzene rings is 1. The van der Waals surface area contributed by atoms with Gasteiger partial charge in [0, 0.05) is 30.7 Å². The van der Waals surface area contributed by atoms with Crippen LogP contribution in [0.1, 0.15) is 12.6 Å². The van der Waals surface area contributed by atoms with Crippen molar-refractivity contribution >= 4 is 23.0 Å². The lowest BCUT2D eigenvalue weighted by Crippen LogP contribution is -2.28. The smallest absolute Gasteiger partial charge is 0.321 e. The molecule has 0 aliphatic rings. The van der Waals surface area contributed by atoms with Crippen LogP contribution in [0, 0.1) is 6.92 Å². The molecule has 4 N–H and O–H groups in total. The normalized spacial score (nSPS) is 10.9. The van der Waals surface area contributed by atoms with Crippen LogP contribution in [0.25, 0.3) is 27.8 Å². The van der Waals surface area contributed by atoms with Gasteiger partial charge in [-0.25, -0.2) is 14.5 Å². The maximum atomic E-state index is 11.9. The maximum Gasteiger partial charge on any atom is 0.321 e. The Hall–Kier alpha value is -3.88. The Labute approximate surface area is 159 Å². The number of pyridine rings is 1. The molecule has 0 saturated heterocycles. The standard InChI is InChI=1S/C19H19N7O2/c1-3-20-19(28)25-18-23-14-8-13(12-7-11(2)22-16(27)10-12)9-15(17(14)24-18)26-6-4-5-21-26/h4-10H,3H2,1-2H3,(H,22,27)(H3,20,23,24,25,28). The largest absolute Gasteiger partial charge is 0.338 e. The molecule has 0 atom stereocenters. The maximum absolute atomic E-state index is 11.9. The van der Waals surface area contributed by atoms with Gasteiger partial charge in [-0.05, 0) is 49.2 Å². The third-order valence-electron chi connectivity index (χ3n) is 4.21. The topological polar surface area (TPSA) is 120 Å². The molecule has 4 aromatic rings. The summed E-state index contributed by atoms with van der Waals surface area (Å²) in [5.74, 6) is 0.327. The lowest BCUT2D eigenvalue weighted by atomic mass is 10.0. The molecule has 0 saturated carbocycles. The molecule has 3 aromatic heterocycles. The molecule has 3 heterocycles. The van der Waals surface area contributed by atoms with Crippen molar-refractivity contribution in [3.8, 4) is 16.8 Å². The Kier molecular flexibility index (Phi) is 4.40. The molecule has 0 aliphatic carbocycles. The molecule has 28 heavy (non-hydrogen) atoms. The van der Waals surface area contributed by atoms with Gasteiger partial charge in [-0.3, -0.25) is 10.1 Å². The zero-order valence-corrected chi connectivity index (χ0v) is 15.4. The molecular weight excluding hydrogens is 358 g/mol. The first kappa shape index (κ1) is 17.5. The van der Waals surface area contributed by atoms with E-state index in [2.05, 4.69) is 30.7 Å². The van der Waals surface area contributed by atoms with Gasteiger partial charge in [-0.1, -0.05) is 0 Å². The van der Waals surface area contributed by atoms with Crippen molar-refractivity contribution in [1.29, 1.82) is 0 Å². The Bertz CT molecular complexity index is 1200. The number of nitrogens with zero attached hydrogens (tertiary/aromatic N) is 3. The summed E-state index contributed by atoms with van der Waals surface area (Å²) in [6.45, 7) is 4.18. The van der Waals surface area contributed by atoms with Crippen LogP contribution in [0.4, 0.5) is 10.7 Å². The highest BCUT2D eigenvalue weighted by Gasteiger charge is 2.14. The molecule has 1 aromatic carbocycles. The number of carbonyl (C=O) groups excluding carboxylic acids is 1. The van der Waals surface area contributed by atoms with Gasteiger partial charge in [0.05, 0.1) is 16.7 Å². The van der Waals surface area contributed by atoms with E-state index in [1.165, 1.54) is 0 Å². The Morgan fingerprint density at radius 1 is 1.18 bits per heavy atom. The second-order valence-corrected chi connectivity index (χ2v) is 6.33. The van der Waals surface area contributed by atoms with Crippen molar-refractivity contribution in [2.75, 3.05) is 11.9 Å². The summed E-state index contributed by atoms with van der Waals surface area (Å²) in [4.78, 5) is 34.1. The third kappa shape index (κ3) is 3.37. The van der Waals surface area contributed by atoms with Gasteiger partial charge in [0.2, 0.25) is 11.5 Å². The fourth-order valence-corrected chi connectivity index (χ4v) is 3.07. The first-order chi connectivity index (χ1) is 13.5. The van der Waals surface area contributed by atoms with Gasteiger partial charge in [0.25, 0.3) is 0 Å². The highest BCUT2D eigenvalue weighted by Crippen LogP contribution is 2.29. The summed E-state index contributed by atoms with van der Waals surface area (Å²) in [6, 6.07) is 8.72. The number of anilines is 1. The van der Waals surface area contributed by atoms with Crippen molar-refractivity contribution in [2.24, 2.45) is 0 Å². The lowest BCUT2D eigenvalue weighted by Gasteiger charge is -2.08. The number of aromatic nitrogens is 5. The summed E-state index contributed by atoms with van der Waals surface area (Å²) in [6.07, 6.45) is 3.50. The highest BCUT2D eigenvalue weighted by molar-refractivity contribution is 5.94. The fraction of sp³-hybridized carbons (Fsp3) is 0.158. The van der Waals surface area contributed by atoms with E-state index in [0.29, 0.717) is 18.0 Å². The molecule has 9 heteroatoms. The fourth-order valence-electron chi connectivity index (χ4n) is 3.07. The van der Waals surface area contributed by atoms with Crippen LogP contribution in [0.15, 0.2) is 47.5 Å². The van der Waals surface area contributed by atoms with Crippen LogP contribution >= 0.6 is 0 Å². The summed E-state index contributed by atoms with van der Waals surface area (Å²) in [5.41, 5.74) is 4.32. The minimum atomic E-state index is -0.340. The van der Waals surface area contributed by atoms with E-state index in [1.54, 1.807) is 16.9 Å². The van der Waals surface area contributed by atoms with Crippen LogP contribution in [0.3, 0.4) is 0 Å². The van der Waals surface area contributed by atoms with E-state index >= 15 is 0 Å². The first-order valence-corrected chi connectivity index (χ1v) is 8.83. The number of hydrogen-bond acceptors (Lipinski definition) is 4. The quantitative estimate of drug-likeness (QED) is 0.437. The second kappa shape index (κ2) is 7.03. The van der Waals surface area contributed by atoms with Crippen molar-refractivity contribution < 1.29 is 4.79 Å². The van der Waals surface area contributed by atoms with Crippen molar-refractivity contribution in [2.45, 2.75) is 13.8 Å². The first-order valence-electron chi connectivity index (χ1n) is 8.83. The Balaban J connectivity index is 1.88.